The summed E-state index contributed by atoms with van der Waals surface area (Å²) in [6, 6.07) is 14.7. The predicted molar refractivity (Wildman–Crippen MR) is 110 cm³/mol. The molecular formula is C22H27ClN2O2. The Morgan fingerprint density at radius 1 is 1.07 bits per heavy atom. The van der Waals surface area contributed by atoms with Crippen molar-refractivity contribution in [3.63, 3.8) is 0 Å². The molecule has 4 nitrogen and oxygen atoms in total. The molecule has 0 fully saturated rings. The first-order valence-corrected chi connectivity index (χ1v) is 9.45. The second kappa shape index (κ2) is 9.67. The molecule has 0 N–H and O–H groups in total. The van der Waals surface area contributed by atoms with Crippen molar-refractivity contribution in [2.75, 3.05) is 13.6 Å². The van der Waals surface area contributed by atoms with Gasteiger partial charge >= 0.3 is 0 Å². The Morgan fingerprint density at radius 3 is 2.19 bits per heavy atom. The number of aryl methyl sites for hydroxylation is 1. The number of amides is 1. The number of benzene rings is 2. The van der Waals surface area contributed by atoms with Gasteiger partial charge < -0.3 is 9.69 Å². The zero-order valence-corrected chi connectivity index (χ0v) is 17.1. The van der Waals surface area contributed by atoms with Gasteiger partial charge in [0.25, 0.3) is 0 Å². The highest BCUT2D eigenvalue weighted by Crippen LogP contribution is 2.23. The normalized spacial score (nSPS) is 12.3. The maximum absolute atomic E-state index is 13.1. The van der Waals surface area contributed by atoms with Crippen LogP contribution in [0.4, 0.5) is 0 Å². The predicted octanol–water partition coefficient (Wildman–Crippen LogP) is 4.26. The van der Waals surface area contributed by atoms with Crippen LogP contribution in [0.2, 0.25) is 5.02 Å². The van der Waals surface area contributed by atoms with Gasteiger partial charge in [0.2, 0.25) is 5.91 Å². The summed E-state index contributed by atoms with van der Waals surface area (Å²) >= 11 is 5.97. The molecule has 0 aromatic heterocycles. The number of likely N-dealkylation sites (N-methyl/N-ethyl adjacent to an activating group) is 1. The number of halogens is 1. The number of aldehydes is 1. The zero-order valence-electron chi connectivity index (χ0n) is 16.4. The maximum Gasteiger partial charge on any atom is 0.237 e. The lowest BCUT2D eigenvalue weighted by molar-refractivity contribution is -0.138. The maximum atomic E-state index is 13.1. The van der Waals surface area contributed by atoms with E-state index in [9.17, 15) is 9.59 Å². The molecule has 0 heterocycles. The molecule has 2 rings (SSSR count). The van der Waals surface area contributed by atoms with Crippen molar-refractivity contribution in [3.05, 3.63) is 70.2 Å². The summed E-state index contributed by atoms with van der Waals surface area (Å²) < 4.78 is 0. The Bertz CT molecular complexity index is 757. The molecule has 0 aliphatic rings. The molecule has 0 saturated carbocycles. The number of nitrogens with zero attached hydrogens (tertiary/aromatic N) is 2. The van der Waals surface area contributed by atoms with E-state index in [1.165, 1.54) is 0 Å². The highest BCUT2D eigenvalue weighted by Gasteiger charge is 2.26. The minimum atomic E-state index is -0.656. The lowest BCUT2D eigenvalue weighted by Crippen LogP contribution is -2.43. The van der Waals surface area contributed by atoms with Crippen LogP contribution in [0.3, 0.4) is 0 Å². The Kier molecular flexibility index (Phi) is 7.57. The van der Waals surface area contributed by atoms with Crippen molar-refractivity contribution >= 4 is 23.8 Å². The Balaban J connectivity index is 2.33. The smallest absolute Gasteiger partial charge is 0.237 e. The van der Waals surface area contributed by atoms with Gasteiger partial charge in [-0.15, -0.1) is 0 Å². The van der Waals surface area contributed by atoms with E-state index in [2.05, 4.69) is 0 Å². The van der Waals surface area contributed by atoms with Gasteiger partial charge in [-0.05, 0) is 51.1 Å². The molecular weight excluding hydrogens is 360 g/mol. The average molecular weight is 387 g/mol. The summed E-state index contributed by atoms with van der Waals surface area (Å²) in [6.45, 7) is 6.72. The van der Waals surface area contributed by atoms with Crippen LogP contribution in [0, 0.1) is 6.92 Å². The molecule has 5 heteroatoms. The molecule has 2 aromatic rings. The van der Waals surface area contributed by atoms with Crippen molar-refractivity contribution < 1.29 is 9.59 Å². The van der Waals surface area contributed by atoms with E-state index in [-0.39, 0.29) is 18.5 Å². The Hall–Kier alpha value is -2.17. The molecule has 1 atom stereocenters. The molecule has 27 heavy (non-hydrogen) atoms. The van der Waals surface area contributed by atoms with Crippen LogP contribution in [0.15, 0.2) is 48.5 Å². The highest BCUT2D eigenvalue weighted by molar-refractivity contribution is 6.30. The lowest BCUT2D eigenvalue weighted by atomic mass is 10.0. The summed E-state index contributed by atoms with van der Waals surface area (Å²) in [4.78, 5) is 28.6. The molecule has 0 bridgehead atoms. The molecule has 2 aromatic carbocycles. The highest BCUT2D eigenvalue weighted by atomic mass is 35.5. The van der Waals surface area contributed by atoms with Crippen molar-refractivity contribution in [2.45, 2.75) is 39.4 Å². The van der Waals surface area contributed by atoms with Crippen molar-refractivity contribution in [2.24, 2.45) is 0 Å². The molecule has 0 aliphatic carbocycles. The minimum absolute atomic E-state index is 0.0844. The van der Waals surface area contributed by atoms with E-state index in [4.69, 9.17) is 11.6 Å². The van der Waals surface area contributed by atoms with E-state index in [0.29, 0.717) is 11.6 Å². The van der Waals surface area contributed by atoms with E-state index >= 15 is 0 Å². The fraction of sp³-hybridized carbons (Fsp3) is 0.364. The van der Waals surface area contributed by atoms with Crippen LogP contribution in [-0.2, 0) is 16.1 Å². The number of carbonyl (C=O) groups is 2. The summed E-state index contributed by atoms with van der Waals surface area (Å²) in [5.41, 5.74) is 2.89. The quantitative estimate of drug-likeness (QED) is 0.636. The largest absolute Gasteiger partial charge is 0.323 e. The van der Waals surface area contributed by atoms with Gasteiger partial charge in [-0.25, -0.2) is 0 Å². The van der Waals surface area contributed by atoms with E-state index in [1.807, 2.05) is 57.0 Å². The van der Waals surface area contributed by atoms with Gasteiger partial charge in [-0.2, -0.15) is 0 Å². The van der Waals surface area contributed by atoms with Crippen LogP contribution in [-0.4, -0.2) is 41.6 Å². The van der Waals surface area contributed by atoms with Crippen LogP contribution in [0.5, 0.6) is 0 Å². The topological polar surface area (TPSA) is 40.6 Å². The monoisotopic (exact) mass is 386 g/mol. The summed E-state index contributed by atoms with van der Waals surface area (Å²) in [7, 11) is 1.91. The first-order chi connectivity index (χ1) is 12.8. The number of hydrogen-bond acceptors (Lipinski definition) is 3. The lowest BCUT2D eigenvalue weighted by Gasteiger charge is -2.31. The van der Waals surface area contributed by atoms with Crippen molar-refractivity contribution in [1.82, 2.24) is 9.80 Å². The van der Waals surface area contributed by atoms with Crippen LogP contribution >= 0.6 is 11.6 Å². The SMILES string of the molecule is Cc1ccc(CN(C(=O)CN(C)C(C)C)C(C=O)c2ccc(Cl)cc2)cc1. The zero-order chi connectivity index (χ0) is 20.0. The van der Waals surface area contributed by atoms with Crippen molar-refractivity contribution in [3.8, 4) is 0 Å². The molecule has 1 unspecified atom stereocenters. The van der Waals surface area contributed by atoms with Gasteiger partial charge in [0, 0.05) is 17.6 Å². The summed E-state index contributed by atoms with van der Waals surface area (Å²) in [5.74, 6) is -0.0844. The molecule has 0 radical (unpaired) electrons. The third kappa shape index (κ3) is 5.91. The van der Waals surface area contributed by atoms with Crippen LogP contribution in [0.25, 0.3) is 0 Å². The molecule has 1 amide bonds. The number of carbonyl (C=O) groups excluding carboxylic acids is 2. The molecule has 144 valence electrons. The van der Waals surface area contributed by atoms with Gasteiger partial charge in [0.1, 0.15) is 12.3 Å². The van der Waals surface area contributed by atoms with E-state index in [0.717, 1.165) is 23.0 Å². The third-order valence-electron chi connectivity index (χ3n) is 4.74. The van der Waals surface area contributed by atoms with Gasteiger partial charge in [-0.3, -0.25) is 9.69 Å². The van der Waals surface area contributed by atoms with Gasteiger partial charge in [0.05, 0.1) is 6.54 Å². The third-order valence-corrected chi connectivity index (χ3v) is 4.99. The second-order valence-corrected chi connectivity index (χ2v) is 7.59. The Labute approximate surface area is 166 Å². The summed E-state index contributed by atoms with van der Waals surface area (Å²) in [6.07, 6.45) is 0.824. The molecule has 0 aliphatic heterocycles. The Morgan fingerprint density at radius 2 is 1.67 bits per heavy atom. The molecule has 0 saturated heterocycles. The fourth-order valence-electron chi connectivity index (χ4n) is 2.71. The number of rotatable bonds is 8. The standard InChI is InChI=1S/C22H27ClN2O2/c1-16(2)24(4)14-22(27)25(13-18-7-5-17(3)6-8-18)21(15-26)19-9-11-20(23)12-10-19/h5-12,15-16,21H,13-14H2,1-4H3. The van der Waals surface area contributed by atoms with E-state index in [1.54, 1.807) is 29.2 Å². The minimum Gasteiger partial charge on any atom is -0.323 e. The van der Waals surface area contributed by atoms with Crippen LogP contribution < -0.4 is 0 Å². The summed E-state index contributed by atoms with van der Waals surface area (Å²) in [5, 5.41) is 0.597. The van der Waals surface area contributed by atoms with Gasteiger partial charge in [-0.1, -0.05) is 53.6 Å². The molecule has 0 spiro atoms. The number of hydrogen-bond donors (Lipinski definition) is 0. The second-order valence-electron chi connectivity index (χ2n) is 7.15. The average Bonchev–Trinajstić information content (AvgIpc) is 2.64. The first kappa shape index (κ1) is 21.1. The van der Waals surface area contributed by atoms with Gasteiger partial charge in [0.15, 0.2) is 0 Å². The first-order valence-electron chi connectivity index (χ1n) is 9.08. The van der Waals surface area contributed by atoms with E-state index < -0.39 is 6.04 Å². The van der Waals surface area contributed by atoms with Crippen LogP contribution in [0.1, 0.15) is 36.6 Å². The van der Waals surface area contributed by atoms with Crippen molar-refractivity contribution in [1.29, 1.82) is 0 Å². The fourth-order valence-corrected chi connectivity index (χ4v) is 2.84.